The third-order valence-corrected chi connectivity index (χ3v) is 8.18. The lowest BCUT2D eigenvalue weighted by Crippen LogP contribution is -2.49. The Bertz CT molecular complexity index is 1410. The molecule has 2 N–H and O–H groups in total. The second-order valence-electron chi connectivity index (χ2n) is 10.5. The summed E-state index contributed by atoms with van der Waals surface area (Å²) < 4.78 is 42.8. The molecular formula is C27H28F3N5O4. The van der Waals surface area contributed by atoms with Crippen molar-refractivity contribution in [3.63, 3.8) is 0 Å². The number of ether oxygens (including phenoxy) is 1. The van der Waals surface area contributed by atoms with E-state index in [0.717, 1.165) is 38.5 Å². The van der Waals surface area contributed by atoms with Crippen molar-refractivity contribution < 1.29 is 32.3 Å². The molecule has 3 aliphatic rings. The molecule has 3 aliphatic carbocycles. The van der Waals surface area contributed by atoms with E-state index in [1.165, 1.54) is 35.0 Å². The van der Waals surface area contributed by atoms with Gasteiger partial charge in [0.1, 0.15) is 22.9 Å². The van der Waals surface area contributed by atoms with E-state index in [4.69, 9.17) is 0 Å². The van der Waals surface area contributed by atoms with E-state index in [9.17, 15) is 27.6 Å². The Morgan fingerprint density at radius 2 is 1.72 bits per heavy atom. The Kier molecular flexibility index (Phi) is 6.81. The molecule has 1 aromatic carbocycles. The van der Waals surface area contributed by atoms with Gasteiger partial charge in [-0.15, -0.1) is 13.2 Å². The Morgan fingerprint density at radius 3 is 2.38 bits per heavy atom. The van der Waals surface area contributed by atoms with E-state index in [1.54, 1.807) is 19.1 Å². The average molecular weight is 544 g/mol. The van der Waals surface area contributed by atoms with E-state index in [2.05, 4.69) is 25.5 Å². The SMILES string of the molecule is CC(=O)C12CCC(CNC(=O)c3cc(C(=O)NCc4cccc(OC(F)(F)F)c4)nc4ccnn34)(CC1)CC2. The number of hydrogen-bond donors (Lipinski definition) is 2. The van der Waals surface area contributed by atoms with Crippen molar-refractivity contribution in [1.82, 2.24) is 25.2 Å². The number of carbonyl (C=O) groups excluding carboxylic acids is 3. The van der Waals surface area contributed by atoms with Gasteiger partial charge < -0.3 is 15.4 Å². The largest absolute Gasteiger partial charge is 0.573 e. The van der Waals surface area contributed by atoms with E-state index >= 15 is 0 Å². The van der Waals surface area contributed by atoms with Crippen LogP contribution in [-0.2, 0) is 11.3 Å². The zero-order chi connectivity index (χ0) is 27.8. The second kappa shape index (κ2) is 9.97. The van der Waals surface area contributed by atoms with E-state index < -0.39 is 23.9 Å². The number of aromatic nitrogens is 3. The van der Waals surface area contributed by atoms with Gasteiger partial charge in [-0.25, -0.2) is 9.50 Å². The average Bonchev–Trinajstić information content (AvgIpc) is 3.39. The quantitative estimate of drug-likeness (QED) is 0.440. The summed E-state index contributed by atoms with van der Waals surface area (Å²) in [6.07, 6.45) is 1.80. The highest BCUT2D eigenvalue weighted by Gasteiger charge is 2.50. The van der Waals surface area contributed by atoms with E-state index in [0.29, 0.717) is 17.8 Å². The summed E-state index contributed by atoms with van der Waals surface area (Å²) in [6.45, 7) is 2.06. The zero-order valence-corrected chi connectivity index (χ0v) is 21.3. The minimum Gasteiger partial charge on any atom is -0.406 e. The van der Waals surface area contributed by atoms with Crippen molar-refractivity contribution in [3.05, 3.63) is 59.5 Å². The fraction of sp³-hybridized carbons (Fsp3) is 0.444. The van der Waals surface area contributed by atoms with E-state index in [1.807, 2.05) is 0 Å². The predicted octanol–water partition coefficient (Wildman–Crippen LogP) is 4.22. The highest BCUT2D eigenvalue weighted by atomic mass is 19.4. The number of benzene rings is 1. The molecule has 39 heavy (non-hydrogen) atoms. The molecule has 3 saturated carbocycles. The first-order valence-electron chi connectivity index (χ1n) is 12.7. The van der Waals surface area contributed by atoms with Crippen LogP contribution in [0.4, 0.5) is 13.2 Å². The fourth-order valence-electron chi connectivity index (χ4n) is 5.73. The van der Waals surface area contributed by atoms with Crippen LogP contribution in [-0.4, -0.2) is 45.1 Å². The molecule has 3 fully saturated rings. The van der Waals surface area contributed by atoms with Crippen LogP contribution in [0.1, 0.15) is 72.0 Å². The summed E-state index contributed by atoms with van der Waals surface area (Å²) in [5.41, 5.74) is 0.544. The molecule has 2 amide bonds. The molecule has 0 spiro atoms. The molecule has 6 rings (SSSR count). The number of carbonyl (C=O) groups is 3. The molecule has 0 radical (unpaired) electrons. The summed E-state index contributed by atoms with van der Waals surface area (Å²) in [7, 11) is 0. The number of hydrogen-bond acceptors (Lipinski definition) is 6. The predicted molar refractivity (Wildman–Crippen MR) is 133 cm³/mol. The molecule has 206 valence electrons. The molecule has 2 bridgehead atoms. The van der Waals surface area contributed by atoms with Gasteiger partial charge in [0.25, 0.3) is 11.8 Å². The molecule has 9 nitrogen and oxygen atoms in total. The number of halogens is 3. The summed E-state index contributed by atoms with van der Waals surface area (Å²) in [4.78, 5) is 42.6. The first kappa shape index (κ1) is 26.6. The van der Waals surface area contributed by atoms with Crippen molar-refractivity contribution in [1.29, 1.82) is 0 Å². The van der Waals surface area contributed by atoms with Crippen LogP contribution >= 0.6 is 0 Å². The molecule has 12 heteroatoms. The van der Waals surface area contributed by atoms with Gasteiger partial charge in [-0.05, 0) is 68.6 Å². The first-order chi connectivity index (χ1) is 18.5. The maximum Gasteiger partial charge on any atom is 0.573 e. The van der Waals surface area contributed by atoms with Gasteiger partial charge >= 0.3 is 6.36 Å². The highest BCUT2D eigenvalue weighted by Crippen LogP contribution is 2.56. The number of amides is 2. The van der Waals surface area contributed by atoms with Crippen LogP contribution in [0.5, 0.6) is 5.75 Å². The Balaban J connectivity index is 1.26. The zero-order valence-electron chi connectivity index (χ0n) is 21.3. The van der Waals surface area contributed by atoms with Crippen LogP contribution in [0.2, 0.25) is 0 Å². The highest BCUT2D eigenvalue weighted by molar-refractivity contribution is 5.98. The molecule has 0 saturated heterocycles. The number of nitrogens with one attached hydrogen (secondary N) is 2. The second-order valence-corrected chi connectivity index (χ2v) is 10.5. The number of nitrogens with zero attached hydrogens (tertiary/aromatic N) is 3. The van der Waals surface area contributed by atoms with Crippen LogP contribution < -0.4 is 15.4 Å². The number of Topliss-reactive ketones (excluding diaryl/α,β-unsaturated/α-hetero) is 1. The minimum atomic E-state index is -4.82. The van der Waals surface area contributed by atoms with Gasteiger partial charge in [0, 0.05) is 30.6 Å². The third kappa shape index (κ3) is 5.59. The maximum absolute atomic E-state index is 13.3. The summed E-state index contributed by atoms with van der Waals surface area (Å²) >= 11 is 0. The van der Waals surface area contributed by atoms with Gasteiger partial charge in [0.2, 0.25) is 0 Å². The summed E-state index contributed by atoms with van der Waals surface area (Å²) in [5.74, 6) is -1.14. The molecule has 0 aliphatic heterocycles. The van der Waals surface area contributed by atoms with Gasteiger partial charge in [-0.2, -0.15) is 5.10 Å². The Labute approximate surface area is 222 Å². The molecule has 0 atom stereocenters. The van der Waals surface area contributed by atoms with Gasteiger partial charge in [0.05, 0.1) is 6.20 Å². The van der Waals surface area contributed by atoms with Crippen molar-refractivity contribution in [2.45, 2.75) is 58.4 Å². The number of fused-ring (bicyclic) bond motifs is 4. The topological polar surface area (TPSA) is 115 Å². The van der Waals surface area contributed by atoms with Crippen molar-refractivity contribution in [3.8, 4) is 5.75 Å². The Hall–Kier alpha value is -3.96. The molecule has 2 heterocycles. The van der Waals surface area contributed by atoms with Crippen molar-refractivity contribution >= 4 is 23.2 Å². The van der Waals surface area contributed by atoms with E-state index in [-0.39, 0.29) is 34.5 Å². The molecular weight excluding hydrogens is 515 g/mol. The minimum absolute atomic E-state index is 0.0319. The third-order valence-electron chi connectivity index (χ3n) is 8.18. The maximum atomic E-state index is 13.3. The number of rotatable bonds is 8. The standard InChI is InChI=1S/C27H28F3N5O4/c1-17(36)26-9-6-25(7-10-26,8-11-26)16-32-24(38)21-14-20(34-22-5-12-33-35(21)22)23(37)31-15-18-3-2-4-19(13-18)39-27(28,29)30/h2-5,12-14H,6-11,15-16H2,1H3,(H,31,37)(H,32,38). The molecule has 2 aromatic heterocycles. The van der Waals surface area contributed by atoms with Crippen LogP contribution in [0.3, 0.4) is 0 Å². The lowest BCUT2D eigenvalue weighted by atomic mass is 9.52. The number of ketones is 1. The monoisotopic (exact) mass is 543 g/mol. The molecule has 3 aromatic rings. The Morgan fingerprint density at radius 1 is 1.00 bits per heavy atom. The van der Waals surface area contributed by atoms with Crippen molar-refractivity contribution in [2.24, 2.45) is 10.8 Å². The summed E-state index contributed by atoms with van der Waals surface area (Å²) in [5, 5.41) is 9.79. The first-order valence-corrected chi connectivity index (χ1v) is 12.7. The lowest BCUT2D eigenvalue weighted by Gasteiger charge is -2.52. The number of alkyl halides is 3. The van der Waals surface area contributed by atoms with Crippen LogP contribution in [0.25, 0.3) is 5.65 Å². The summed E-state index contributed by atoms with van der Waals surface area (Å²) in [6, 6.07) is 8.18. The van der Waals surface area contributed by atoms with Gasteiger partial charge in [-0.3, -0.25) is 14.4 Å². The van der Waals surface area contributed by atoms with Gasteiger partial charge in [0.15, 0.2) is 5.65 Å². The van der Waals surface area contributed by atoms with Crippen LogP contribution in [0, 0.1) is 10.8 Å². The lowest BCUT2D eigenvalue weighted by molar-refractivity contribution is -0.274. The van der Waals surface area contributed by atoms with Crippen LogP contribution in [0.15, 0.2) is 42.6 Å². The molecule has 0 unspecified atom stereocenters. The van der Waals surface area contributed by atoms with Crippen molar-refractivity contribution in [2.75, 3.05) is 6.54 Å². The van der Waals surface area contributed by atoms with Gasteiger partial charge in [-0.1, -0.05) is 12.1 Å². The smallest absolute Gasteiger partial charge is 0.406 e. The fourth-order valence-corrected chi connectivity index (χ4v) is 5.73. The normalized spacial score (nSPS) is 22.5.